The van der Waals surface area contributed by atoms with Crippen LogP contribution in [0.15, 0.2) is 126 Å². The summed E-state index contributed by atoms with van der Waals surface area (Å²) in [7, 11) is -0.553. The molecule has 0 radical (unpaired) electrons. The summed E-state index contributed by atoms with van der Waals surface area (Å²) in [6.45, 7) is 4.56. The normalized spacial score (nSPS) is 17.9. The summed E-state index contributed by atoms with van der Waals surface area (Å²) in [4.78, 5) is 5.23. The average molecular weight is 464 g/mol. The fourth-order valence-electron chi connectivity index (χ4n) is 4.55. The maximum absolute atomic E-state index is 6.71. The molecule has 5 rings (SSSR count). The lowest BCUT2D eigenvalue weighted by atomic mass is 9.96. The minimum absolute atomic E-state index is 0.0439. The van der Waals surface area contributed by atoms with Crippen LogP contribution in [-0.4, -0.2) is 12.1 Å². The van der Waals surface area contributed by atoms with Crippen LogP contribution in [0.2, 0.25) is 0 Å². The number of hydrogen-bond donors (Lipinski definition) is 0. The summed E-state index contributed by atoms with van der Waals surface area (Å²) < 4.78 is 6.71. The molecule has 2 atom stereocenters. The van der Waals surface area contributed by atoms with Crippen molar-refractivity contribution in [2.45, 2.75) is 26.0 Å². The van der Waals surface area contributed by atoms with Crippen molar-refractivity contribution >= 4 is 24.4 Å². The van der Waals surface area contributed by atoms with Crippen molar-refractivity contribution < 1.29 is 4.74 Å². The molecule has 34 heavy (non-hydrogen) atoms. The summed E-state index contributed by atoms with van der Waals surface area (Å²) in [6.07, 6.45) is 0.857. The van der Waals surface area contributed by atoms with Gasteiger partial charge in [-0.1, -0.05) is 135 Å². The molecule has 0 N–H and O–H groups in total. The third kappa shape index (κ3) is 4.83. The van der Waals surface area contributed by atoms with Gasteiger partial charge in [0.25, 0.3) is 0 Å². The quantitative estimate of drug-likeness (QED) is 0.269. The highest BCUT2D eigenvalue weighted by Crippen LogP contribution is 2.47. The number of nitrogens with zero attached hydrogens (tertiary/aromatic N) is 1. The topological polar surface area (TPSA) is 21.6 Å². The molecule has 1 heterocycles. The van der Waals surface area contributed by atoms with Crippen molar-refractivity contribution in [2.75, 3.05) is 6.16 Å². The van der Waals surface area contributed by atoms with Gasteiger partial charge in [0.05, 0.1) is 0 Å². The largest absolute Gasteiger partial charge is 0.470 e. The SMILES string of the molecule is CC(C)(CP(c1ccccc1)c1ccccc1)C1=N[C@H](c2ccccc2)[C@H](c2ccccc2)O1. The van der Waals surface area contributed by atoms with Crippen molar-refractivity contribution in [3.05, 3.63) is 132 Å². The predicted molar refractivity (Wildman–Crippen MR) is 145 cm³/mol. The lowest BCUT2D eigenvalue weighted by molar-refractivity contribution is 0.177. The highest BCUT2D eigenvalue weighted by atomic mass is 31.1. The van der Waals surface area contributed by atoms with Crippen LogP contribution in [0.4, 0.5) is 0 Å². The molecule has 0 aliphatic carbocycles. The first-order chi connectivity index (χ1) is 16.6. The Hall–Kier alpha value is -3.22. The van der Waals surface area contributed by atoms with Crippen LogP contribution in [-0.2, 0) is 4.74 Å². The Bertz CT molecular complexity index is 1180. The Balaban J connectivity index is 1.49. The lowest BCUT2D eigenvalue weighted by Gasteiger charge is -2.30. The zero-order chi connectivity index (χ0) is 23.4. The first-order valence-electron chi connectivity index (χ1n) is 11.8. The van der Waals surface area contributed by atoms with E-state index in [0.29, 0.717) is 0 Å². The Kier molecular flexibility index (Phi) is 6.61. The number of ether oxygens (including phenoxy) is 1. The van der Waals surface area contributed by atoms with Gasteiger partial charge in [0, 0.05) is 5.41 Å². The van der Waals surface area contributed by atoms with Crippen LogP contribution in [0.1, 0.15) is 37.1 Å². The smallest absolute Gasteiger partial charge is 0.190 e. The number of rotatable bonds is 7. The molecule has 4 aromatic rings. The van der Waals surface area contributed by atoms with Crippen LogP contribution in [0, 0.1) is 5.41 Å². The van der Waals surface area contributed by atoms with E-state index in [1.807, 2.05) is 0 Å². The van der Waals surface area contributed by atoms with Crippen molar-refractivity contribution in [1.82, 2.24) is 0 Å². The molecule has 0 unspecified atom stereocenters. The summed E-state index contributed by atoms with van der Waals surface area (Å²) in [5.74, 6) is 0.856. The predicted octanol–water partition coefficient (Wildman–Crippen LogP) is 7.06. The zero-order valence-corrected chi connectivity index (χ0v) is 20.6. The van der Waals surface area contributed by atoms with Gasteiger partial charge >= 0.3 is 0 Å². The molecular formula is C31H30NOP. The molecule has 0 fully saturated rings. The standard InChI is InChI=1S/C31H30NOP/c1-31(2,23-34(26-19-11-5-12-20-26)27-21-13-6-14-22-27)30-32-28(24-15-7-3-8-16-24)29(33-30)25-17-9-4-10-18-25/h3-22,28-29H,23H2,1-2H3/t28-,29+/m1/s1. The summed E-state index contributed by atoms with van der Waals surface area (Å²) in [5.41, 5.74) is 2.14. The van der Waals surface area contributed by atoms with Gasteiger partial charge in [-0.2, -0.15) is 0 Å². The van der Waals surface area contributed by atoms with Gasteiger partial charge in [-0.15, -0.1) is 0 Å². The first kappa shape index (κ1) is 22.6. The molecule has 170 valence electrons. The van der Waals surface area contributed by atoms with Crippen LogP contribution in [0.25, 0.3) is 0 Å². The van der Waals surface area contributed by atoms with E-state index < -0.39 is 7.92 Å². The molecule has 0 bridgehead atoms. The van der Waals surface area contributed by atoms with E-state index in [2.05, 4.69) is 135 Å². The third-order valence-electron chi connectivity index (χ3n) is 6.32. The molecule has 0 amide bonds. The van der Waals surface area contributed by atoms with Gasteiger partial charge < -0.3 is 4.74 Å². The molecule has 0 saturated heterocycles. The lowest BCUT2D eigenvalue weighted by Crippen LogP contribution is -2.31. The second-order valence-corrected chi connectivity index (χ2v) is 11.6. The van der Waals surface area contributed by atoms with E-state index in [1.54, 1.807) is 0 Å². The highest BCUT2D eigenvalue weighted by molar-refractivity contribution is 7.73. The fraction of sp³-hybridized carbons (Fsp3) is 0.194. The van der Waals surface area contributed by atoms with Gasteiger partial charge in [0.1, 0.15) is 6.04 Å². The molecule has 1 aliphatic heterocycles. The third-order valence-corrected chi connectivity index (χ3v) is 9.27. The van der Waals surface area contributed by atoms with Crippen molar-refractivity contribution in [3.8, 4) is 0 Å². The van der Waals surface area contributed by atoms with Gasteiger partial charge in [-0.25, -0.2) is 4.99 Å². The van der Waals surface area contributed by atoms with E-state index in [0.717, 1.165) is 12.1 Å². The Morgan fingerprint density at radius 3 is 1.59 bits per heavy atom. The van der Waals surface area contributed by atoms with Crippen molar-refractivity contribution in [2.24, 2.45) is 10.4 Å². The minimum atomic E-state index is -0.553. The second-order valence-electron chi connectivity index (χ2n) is 9.38. The average Bonchev–Trinajstić information content (AvgIpc) is 3.36. The van der Waals surface area contributed by atoms with E-state index in [4.69, 9.17) is 9.73 Å². The minimum Gasteiger partial charge on any atom is -0.470 e. The monoisotopic (exact) mass is 463 g/mol. The van der Waals surface area contributed by atoms with Crippen LogP contribution in [0.5, 0.6) is 0 Å². The molecule has 0 saturated carbocycles. The van der Waals surface area contributed by atoms with Gasteiger partial charge in [-0.3, -0.25) is 0 Å². The van der Waals surface area contributed by atoms with E-state index >= 15 is 0 Å². The molecule has 1 aliphatic rings. The van der Waals surface area contributed by atoms with Crippen molar-refractivity contribution in [3.63, 3.8) is 0 Å². The van der Waals surface area contributed by atoms with E-state index in [-0.39, 0.29) is 17.6 Å². The summed E-state index contributed by atoms with van der Waals surface area (Å²) in [6, 6.07) is 42.7. The molecule has 2 nitrogen and oxygen atoms in total. The number of benzene rings is 4. The van der Waals surface area contributed by atoms with E-state index in [9.17, 15) is 0 Å². The first-order valence-corrected chi connectivity index (χ1v) is 13.4. The Morgan fingerprint density at radius 1 is 0.647 bits per heavy atom. The van der Waals surface area contributed by atoms with Gasteiger partial charge in [0.2, 0.25) is 0 Å². The molecule has 4 aromatic carbocycles. The molecular weight excluding hydrogens is 433 g/mol. The van der Waals surface area contributed by atoms with Gasteiger partial charge in [0.15, 0.2) is 12.0 Å². The maximum Gasteiger partial charge on any atom is 0.190 e. The second kappa shape index (κ2) is 9.95. The summed E-state index contributed by atoms with van der Waals surface area (Å²) in [5, 5.41) is 2.77. The number of aliphatic imine (C=N–C) groups is 1. The maximum atomic E-state index is 6.71. The summed E-state index contributed by atoms with van der Waals surface area (Å²) >= 11 is 0. The van der Waals surface area contributed by atoms with Crippen LogP contribution >= 0.6 is 7.92 Å². The van der Waals surface area contributed by atoms with Gasteiger partial charge in [-0.05, 0) is 35.8 Å². The number of hydrogen-bond acceptors (Lipinski definition) is 2. The van der Waals surface area contributed by atoms with E-state index in [1.165, 1.54) is 21.7 Å². The zero-order valence-electron chi connectivity index (χ0n) is 19.7. The van der Waals surface area contributed by atoms with Crippen molar-refractivity contribution in [1.29, 1.82) is 0 Å². The highest BCUT2D eigenvalue weighted by Gasteiger charge is 2.41. The Morgan fingerprint density at radius 2 is 1.09 bits per heavy atom. The fourth-order valence-corrected chi connectivity index (χ4v) is 7.20. The molecule has 3 heteroatoms. The Labute approximate surface area is 204 Å². The molecule has 0 spiro atoms. The molecule has 0 aromatic heterocycles. The van der Waals surface area contributed by atoms with Crippen LogP contribution in [0.3, 0.4) is 0 Å². The van der Waals surface area contributed by atoms with Crippen LogP contribution < -0.4 is 10.6 Å².